The molecule has 1 aliphatic heterocycles. The molecule has 172 valence electrons. The predicted octanol–water partition coefficient (Wildman–Crippen LogP) is 2.41. The fraction of sp³-hybridized carbons (Fsp3) is 0.667. The molecule has 1 heterocycles. The average molecular weight is 553 g/mol. The second-order valence-electron chi connectivity index (χ2n) is 7.52. The van der Waals surface area contributed by atoms with Crippen LogP contribution < -0.4 is 10.6 Å². The van der Waals surface area contributed by atoms with Crippen molar-refractivity contribution < 1.29 is 13.2 Å². The van der Waals surface area contributed by atoms with Gasteiger partial charge in [0.2, 0.25) is 0 Å². The van der Waals surface area contributed by atoms with Crippen molar-refractivity contribution in [3.8, 4) is 0 Å². The number of ether oxygens (including phenoxy) is 1. The van der Waals surface area contributed by atoms with Crippen LogP contribution in [-0.2, 0) is 27.7 Å². The number of rotatable bonds is 11. The Morgan fingerprint density at radius 3 is 2.37 bits per heavy atom. The molecule has 0 amide bonds. The summed E-state index contributed by atoms with van der Waals surface area (Å²) >= 11 is 0. The van der Waals surface area contributed by atoms with Gasteiger partial charge in [-0.3, -0.25) is 4.90 Å². The number of hydrogen-bond donors (Lipinski definition) is 2. The van der Waals surface area contributed by atoms with E-state index in [1.54, 1.807) is 0 Å². The summed E-state index contributed by atoms with van der Waals surface area (Å²) < 4.78 is 27.5. The monoisotopic (exact) mass is 552 g/mol. The van der Waals surface area contributed by atoms with Crippen LogP contribution in [0.3, 0.4) is 0 Å². The number of benzene rings is 1. The highest BCUT2D eigenvalue weighted by Gasteiger charge is 2.10. The third-order valence-corrected chi connectivity index (χ3v) is 5.69. The standard InChI is InChI=1S/C21H36N4O3S.HI/c1-3-22-21(23-11-14-28-15-16-29(2,26)27)24-17-19-7-9-20(10-8-19)18-25-12-5-4-6-13-25;/h7-10H,3-6,11-18H2,1-2H3,(H2,22,23,24);1H. The zero-order chi connectivity index (χ0) is 21.0. The normalized spacial score (nSPS) is 15.5. The van der Waals surface area contributed by atoms with Crippen molar-refractivity contribution in [1.29, 1.82) is 0 Å². The van der Waals surface area contributed by atoms with Gasteiger partial charge in [0.1, 0.15) is 9.84 Å². The van der Waals surface area contributed by atoms with Gasteiger partial charge in [-0.25, -0.2) is 13.4 Å². The lowest BCUT2D eigenvalue weighted by atomic mass is 10.1. The molecular formula is C21H37IN4O3S. The molecule has 2 N–H and O–H groups in total. The smallest absolute Gasteiger partial charge is 0.191 e. The van der Waals surface area contributed by atoms with Crippen LogP contribution in [0.25, 0.3) is 0 Å². The first-order valence-corrected chi connectivity index (χ1v) is 12.6. The number of likely N-dealkylation sites (tertiary alicyclic amines) is 1. The van der Waals surface area contributed by atoms with Gasteiger partial charge in [0, 0.05) is 25.9 Å². The molecule has 0 spiro atoms. The van der Waals surface area contributed by atoms with E-state index >= 15 is 0 Å². The molecule has 1 aromatic carbocycles. The number of nitrogens with zero attached hydrogens (tertiary/aromatic N) is 2. The molecule has 0 aromatic heterocycles. The summed E-state index contributed by atoms with van der Waals surface area (Å²) in [5.74, 6) is 0.783. The van der Waals surface area contributed by atoms with E-state index in [1.807, 2.05) is 6.92 Å². The number of aliphatic imine (C=N–C) groups is 1. The fourth-order valence-electron chi connectivity index (χ4n) is 3.19. The van der Waals surface area contributed by atoms with Gasteiger partial charge in [-0.15, -0.1) is 24.0 Å². The van der Waals surface area contributed by atoms with Gasteiger partial charge in [-0.1, -0.05) is 30.7 Å². The quantitative estimate of drug-likeness (QED) is 0.190. The summed E-state index contributed by atoms with van der Waals surface area (Å²) in [4.78, 5) is 7.15. The minimum Gasteiger partial charge on any atom is -0.379 e. The van der Waals surface area contributed by atoms with Crippen LogP contribution in [0.2, 0.25) is 0 Å². The minimum atomic E-state index is -2.97. The maximum Gasteiger partial charge on any atom is 0.191 e. The number of nitrogens with one attached hydrogen (secondary N) is 2. The highest BCUT2D eigenvalue weighted by Crippen LogP contribution is 2.14. The van der Waals surface area contributed by atoms with Gasteiger partial charge in [0.25, 0.3) is 0 Å². The second kappa shape index (κ2) is 15.0. The SMILES string of the molecule is CCNC(=NCc1ccc(CN2CCCCC2)cc1)NCCOCCS(C)(=O)=O.I. The molecule has 0 unspecified atom stereocenters. The third kappa shape index (κ3) is 12.1. The molecule has 1 saturated heterocycles. The number of sulfone groups is 1. The highest BCUT2D eigenvalue weighted by atomic mass is 127. The Hall–Kier alpha value is -0.910. The molecule has 1 aliphatic rings. The molecule has 0 saturated carbocycles. The number of halogens is 1. The molecule has 0 atom stereocenters. The van der Waals surface area contributed by atoms with E-state index in [9.17, 15) is 8.42 Å². The summed E-state index contributed by atoms with van der Waals surface area (Å²) in [5.41, 5.74) is 2.53. The van der Waals surface area contributed by atoms with Crippen molar-refractivity contribution in [3.05, 3.63) is 35.4 Å². The first-order valence-electron chi connectivity index (χ1n) is 10.5. The highest BCUT2D eigenvalue weighted by molar-refractivity contribution is 14.0. The second-order valence-corrected chi connectivity index (χ2v) is 9.78. The van der Waals surface area contributed by atoms with Gasteiger partial charge in [-0.05, 0) is 44.0 Å². The van der Waals surface area contributed by atoms with Gasteiger partial charge in [0.05, 0.1) is 25.5 Å². The summed E-state index contributed by atoms with van der Waals surface area (Å²) in [6.07, 6.45) is 5.21. The lowest BCUT2D eigenvalue weighted by Crippen LogP contribution is -2.39. The third-order valence-electron chi connectivity index (χ3n) is 4.78. The lowest BCUT2D eigenvalue weighted by molar-refractivity contribution is 0.154. The van der Waals surface area contributed by atoms with Crippen molar-refractivity contribution in [2.45, 2.75) is 39.3 Å². The Balaban J connectivity index is 0.00000450. The van der Waals surface area contributed by atoms with Crippen LogP contribution in [0.15, 0.2) is 29.3 Å². The molecule has 30 heavy (non-hydrogen) atoms. The van der Waals surface area contributed by atoms with E-state index in [1.165, 1.54) is 49.7 Å². The van der Waals surface area contributed by atoms with E-state index < -0.39 is 9.84 Å². The van der Waals surface area contributed by atoms with Crippen molar-refractivity contribution in [2.24, 2.45) is 4.99 Å². The number of guanidine groups is 1. The number of piperidine rings is 1. The molecule has 2 rings (SSSR count). The maximum atomic E-state index is 11.1. The van der Waals surface area contributed by atoms with E-state index in [4.69, 9.17) is 4.74 Å². The van der Waals surface area contributed by atoms with Crippen molar-refractivity contribution in [3.63, 3.8) is 0 Å². The summed E-state index contributed by atoms with van der Waals surface area (Å²) in [6.45, 7) is 8.09. The summed E-state index contributed by atoms with van der Waals surface area (Å²) in [7, 11) is -2.97. The summed E-state index contributed by atoms with van der Waals surface area (Å²) in [5, 5.41) is 6.43. The molecule has 7 nitrogen and oxygen atoms in total. The Kier molecular flexibility index (Phi) is 13.5. The van der Waals surface area contributed by atoms with Crippen LogP contribution >= 0.6 is 24.0 Å². The number of hydrogen-bond acceptors (Lipinski definition) is 5. The molecular weight excluding hydrogens is 515 g/mol. The lowest BCUT2D eigenvalue weighted by Gasteiger charge is -2.26. The van der Waals surface area contributed by atoms with Crippen LogP contribution in [0.5, 0.6) is 0 Å². The van der Waals surface area contributed by atoms with E-state index in [0.29, 0.717) is 19.7 Å². The van der Waals surface area contributed by atoms with Gasteiger partial charge < -0.3 is 15.4 Å². The molecule has 1 aromatic rings. The first kappa shape index (κ1) is 27.1. The summed E-state index contributed by atoms with van der Waals surface area (Å²) in [6, 6.07) is 8.71. The molecule has 9 heteroatoms. The zero-order valence-corrected chi connectivity index (χ0v) is 21.4. The van der Waals surface area contributed by atoms with Crippen molar-refractivity contribution in [2.75, 3.05) is 51.4 Å². The molecule has 0 radical (unpaired) electrons. The van der Waals surface area contributed by atoms with Gasteiger partial charge in [0.15, 0.2) is 5.96 Å². The van der Waals surface area contributed by atoms with Crippen molar-refractivity contribution in [1.82, 2.24) is 15.5 Å². The first-order chi connectivity index (χ1) is 14.0. The van der Waals surface area contributed by atoms with E-state index in [2.05, 4.69) is 44.8 Å². The van der Waals surface area contributed by atoms with Crippen LogP contribution in [0, 0.1) is 0 Å². The largest absolute Gasteiger partial charge is 0.379 e. The Bertz CT molecular complexity index is 720. The van der Waals surface area contributed by atoms with Crippen LogP contribution in [-0.4, -0.2) is 70.7 Å². The average Bonchev–Trinajstić information content (AvgIpc) is 2.69. The zero-order valence-electron chi connectivity index (χ0n) is 18.2. The van der Waals surface area contributed by atoms with E-state index in [0.717, 1.165) is 19.0 Å². The Morgan fingerprint density at radius 1 is 1.07 bits per heavy atom. The Labute approximate surface area is 199 Å². The fourth-order valence-corrected chi connectivity index (χ4v) is 3.61. The predicted molar refractivity (Wildman–Crippen MR) is 134 cm³/mol. The molecule has 0 bridgehead atoms. The van der Waals surface area contributed by atoms with Crippen LogP contribution in [0.4, 0.5) is 0 Å². The molecule has 0 aliphatic carbocycles. The maximum absolute atomic E-state index is 11.1. The minimum absolute atomic E-state index is 0. The molecule has 1 fully saturated rings. The van der Waals surface area contributed by atoms with Gasteiger partial charge >= 0.3 is 0 Å². The van der Waals surface area contributed by atoms with Crippen molar-refractivity contribution >= 4 is 39.8 Å². The van der Waals surface area contributed by atoms with E-state index in [-0.39, 0.29) is 36.3 Å². The van der Waals surface area contributed by atoms with Gasteiger partial charge in [-0.2, -0.15) is 0 Å². The topological polar surface area (TPSA) is 83.0 Å². The van der Waals surface area contributed by atoms with Crippen LogP contribution in [0.1, 0.15) is 37.3 Å². The Morgan fingerprint density at radius 2 is 1.73 bits per heavy atom.